The van der Waals surface area contributed by atoms with E-state index in [1.54, 1.807) is 25.3 Å². The molecular weight excluding hydrogens is 382 g/mol. The third-order valence-corrected chi connectivity index (χ3v) is 6.05. The molecule has 0 aromatic heterocycles. The van der Waals surface area contributed by atoms with Gasteiger partial charge in [-0.05, 0) is 47.4 Å². The van der Waals surface area contributed by atoms with Crippen molar-refractivity contribution in [3.8, 4) is 17.6 Å². The van der Waals surface area contributed by atoms with Gasteiger partial charge in [-0.3, -0.25) is 4.79 Å². The van der Waals surface area contributed by atoms with Gasteiger partial charge >= 0.3 is 0 Å². The summed E-state index contributed by atoms with van der Waals surface area (Å²) in [5.74, 6) is 1.01. The summed E-state index contributed by atoms with van der Waals surface area (Å²) in [6.07, 6.45) is -0.424. The zero-order valence-corrected chi connectivity index (χ0v) is 17.2. The lowest BCUT2D eigenvalue weighted by atomic mass is 9.68. The number of ketones is 1. The lowest BCUT2D eigenvalue weighted by Crippen LogP contribution is -2.30. The van der Waals surface area contributed by atoms with E-state index in [0.717, 1.165) is 22.3 Å². The van der Waals surface area contributed by atoms with Crippen molar-refractivity contribution in [2.75, 3.05) is 20.3 Å². The lowest BCUT2D eigenvalue weighted by molar-refractivity contribution is 0.0535. The second kappa shape index (κ2) is 7.28. The highest BCUT2D eigenvalue weighted by molar-refractivity contribution is 6.33. The van der Waals surface area contributed by atoms with Gasteiger partial charge in [0.05, 0.1) is 19.3 Å². The Morgan fingerprint density at radius 2 is 1.97 bits per heavy atom. The number of methoxy groups -OCH3 is 1. The average Bonchev–Trinajstić information content (AvgIpc) is 3.16. The fourth-order valence-electron chi connectivity index (χ4n) is 4.45. The Morgan fingerprint density at radius 1 is 1.23 bits per heavy atom. The van der Waals surface area contributed by atoms with Crippen molar-refractivity contribution >= 4 is 11.4 Å². The van der Waals surface area contributed by atoms with E-state index in [1.165, 1.54) is 0 Å². The molecular formula is C24H23NO5. The Kier molecular flexibility index (Phi) is 4.89. The van der Waals surface area contributed by atoms with Gasteiger partial charge in [-0.25, -0.2) is 0 Å². The molecule has 0 spiro atoms. The van der Waals surface area contributed by atoms with Crippen LogP contribution in [0.15, 0.2) is 35.9 Å². The molecule has 0 fully saturated rings. The van der Waals surface area contributed by atoms with Gasteiger partial charge in [0.2, 0.25) is 0 Å². The molecule has 30 heavy (non-hydrogen) atoms. The molecule has 0 aliphatic heterocycles. The number of nitrogens with zero attached hydrogens (tertiary/aromatic N) is 1. The number of carbonyl (C=O) groups excluding carboxylic acids is 1. The van der Waals surface area contributed by atoms with E-state index in [4.69, 9.17) is 14.6 Å². The number of fused-ring (bicyclic) bond motifs is 3. The summed E-state index contributed by atoms with van der Waals surface area (Å²) >= 11 is 0. The Balaban J connectivity index is 1.79. The Labute approximate surface area is 175 Å². The molecule has 0 heterocycles. The molecule has 2 N–H and O–H groups in total. The number of ether oxygens (including phenoxy) is 2. The van der Waals surface area contributed by atoms with Crippen LogP contribution in [0.25, 0.3) is 5.57 Å². The number of hydrogen-bond acceptors (Lipinski definition) is 6. The standard InChI is InChI=1S/C24H23NO5/c1-24(2)19-8-15(30-12-14(27)11-26)5-7-17(19)22(28)21-16-6-4-13(10-25)23(29-3)18(16)9-20(21)24/h4-8,14,26-27H,9,11-12H2,1-3H3/t14-/m1/s1. The zero-order valence-electron chi connectivity index (χ0n) is 17.2. The van der Waals surface area contributed by atoms with Crippen LogP contribution in [0.5, 0.6) is 11.5 Å². The average molecular weight is 405 g/mol. The minimum Gasteiger partial charge on any atom is -0.495 e. The van der Waals surface area contributed by atoms with Crippen molar-refractivity contribution in [3.63, 3.8) is 0 Å². The summed E-state index contributed by atoms with van der Waals surface area (Å²) in [7, 11) is 1.54. The van der Waals surface area contributed by atoms with Crippen LogP contribution in [-0.4, -0.2) is 42.4 Å². The van der Waals surface area contributed by atoms with Crippen molar-refractivity contribution in [2.24, 2.45) is 0 Å². The van der Waals surface area contributed by atoms with E-state index in [0.29, 0.717) is 34.6 Å². The van der Waals surface area contributed by atoms with Crippen LogP contribution in [0.2, 0.25) is 0 Å². The van der Waals surface area contributed by atoms with E-state index >= 15 is 0 Å². The maximum Gasteiger partial charge on any atom is 0.193 e. The second-order valence-corrected chi connectivity index (χ2v) is 8.12. The number of Topliss-reactive ketones (excluding diaryl/α,β-unsaturated/α-hetero) is 1. The number of nitriles is 1. The van der Waals surface area contributed by atoms with E-state index < -0.39 is 11.5 Å². The second-order valence-electron chi connectivity index (χ2n) is 8.12. The van der Waals surface area contributed by atoms with E-state index in [2.05, 4.69) is 19.9 Å². The highest BCUT2D eigenvalue weighted by Crippen LogP contribution is 2.52. The van der Waals surface area contributed by atoms with Crippen LogP contribution in [-0.2, 0) is 11.8 Å². The van der Waals surface area contributed by atoms with Gasteiger partial charge in [0.25, 0.3) is 0 Å². The summed E-state index contributed by atoms with van der Waals surface area (Å²) in [4.78, 5) is 13.4. The van der Waals surface area contributed by atoms with Crippen LogP contribution in [0.4, 0.5) is 0 Å². The van der Waals surface area contributed by atoms with Crippen LogP contribution < -0.4 is 9.47 Å². The van der Waals surface area contributed by atoms with Crippen molar-refractivity contribution in [3.05, 3.63) is 63.7 Å². The van der Waals surface area contributed by atoms with Crippen molar-refractivity contribution in [1.82, 2.24) is 0 Å². The van der Waals surface area contributed by atoms with Crippen LogP contribution in [0.3, 0.4) is 0 Å². The highest BCUT2D eigenvalue weighted by atomic mass is 16.5. The first-order chi connectivity index (χ1) is 14.3. The van der Waals surface area contributed by atoms with Gasteiger partial charge in [-0.15, -0.1) is 0 Å². The number of benzene rings is 2. The summed E-state index contributed by atoms with van der Waals surface area (Å²) in [6.45, 7) is 3.74. The lowest BCUT2D eigenvalue weighted by Gasteiger charge is -2.34. The fraction of sp³-hybridized carbons (Fsp3) is 0.333. The predicted octanol–water partition coefficient (Wildman–Crippen LogP) is 2.78. The normalized spacial score (nSPS) is 17.0. The summed E-state index contributed by atoms with van der Waals surface area (Å²) in [5.41, 5.74) is 4.88. The molecule has 2 aromatic carbocycles. The molecule has 0 radical (unpaired) electrons. The third-order valence-electron chi connectivity index (χ3n) is 6.05. The summed E-state index contributed by atoms with van der Waals surface area (Å²) < 4.78 is 11.1. The SMILES string of the molecule is COc1c(C#N)ccc2c1CC1=C2C(=O)c2ccc(OC[C@H](O)CO)cc2C1(C)C. The van der Waals surface area contributed by atoms with E-state index in [9.17, 15) is 15.2 Å². The fourth-order valence-corrected chi connectivity index (χ4v) is 4.45. The number of aliphatic hydroxyl groups excluding tert-OH is 2. The summed E-state index contributed by atoms with van der Waals surface area (Å²) in [6, 6.07) is 11.0. The molecule has 6 heteroatoms. The van der Waals surface area contributed by atoms with Gasteiger partial charge in [0.15, 0.2) is 5.78 Å². The van der Waals surface area contributed by atoms with Gasteiger partial charge in [-0.1, -0.05) is 19.9 Å². The molecule has 0 amide bonds. The van der Waals surface area contributed by atoms with Crippen LogP contribution >= 0.6 is 0 Å². The molecule has 154 valence electrons. The minimum atomic E-state index is -0.962. The zero-order chi connectivity index (χ0) is 21.6. The number of allylic oxidation sites excluding steroid dienone is 2. The van der Waals surface area contributed by atoms with Crippen molar-refractivity contribution in [1.29, 1.82) is 5.26 Å². The monoisotopic (exact) mass is 405 g/mol. The molecule has 1 atom stereocenters. The van der Waals surface area contributed by atoms with E-state index in [-0.39, 0.29) is 19.0 Å². The largest absolute Gasteiger partial charge is 0.495 e. The molecule has 2 aliphatic rings. The van der Waals surface area contributed by atoms with Gasteiger partial charge in [-0.2, -0.15) is 5.26 Å². The first kappa shape index (κ1) is 20.1. The molecule has 0 saturated heterocycles. The summed E-state index contributed by atoms with van der Waals surface area (Å²) in [5, 5.41) is 27.9. The number of aliphatic hydroxyl groups is 2. The Bertz CT molecular complexity index is 1120. The maximum atomic E-state index is 13.4. The minimum absolute atomic E-state index is 0.0306. The highest BCUT2D eigenvalue weighted by Gasteiger charge is 2.44. The van der Waals surface area contributed by atoms with Crippen molar-refractivity contribution in [2.45, 2.75) is 31.8 Å². The molecule has 4 rings (SSSR count). The predicted molar refractivity (Wildman–Crippen MR) is 111 cm³/mol. The molecule has 2 aromatic rings. The first-order valence-electron chi connectivity index (χ1n) is 9.78. The van der Waals surface area contributed by atoms with Gasteiger partial charge in [0.1, 0.15) is 30.3 Å². The molecule has 2 aliphatic carbocycles. The maximum absolute atomic E-state index is 13.4. The van der Waals surface area contributed by atoms with Crippen molar-refractivity contribution < 1.29 is 24.5 Å². The smallest absolute Gasteiger partial charge is 0.193 e. The van der Waals surface area contributed by atoms with Gasteiger partial charge in [0, 0.05) is 22.1 Å². The van der Waals surface area contributed by atoms with Crippen LogP contribution in [0, 0.1) is 11.3 Å². The number of carbonyl (C=O) groups is 1. The Morgan fingerprint density at radius 3 is 2.63 bits per heavy atom. The molecule has 0 unspecified atom stereocenters. The third kappa shape index (κ3) is 2.90. The Hall–Kier alpha value is -3.14. The van der Waals surface area contributed by atoms with Gasteiger partial charge < -0.3 is 19.7 Å². The number of rotatable bonds is 5. The quantitative estimate of drug-likeness (QED) is 0.794. The number of hydrogen-bond donors (Lipinski definition) is 2. The van der Waals surface area contributed by atoms with E-state index in [1.807, 2.05) is 12.1 Å². The van der Waals surface area contributed by atoms with Crippen LogP contribution in [0.1, 0.15) is 46.5 Å². The molecule has 0 saturated carbocycles. The molecule has 0 bridgehead atoms. The first-order valence-corrected chi connectivity index (χ1v) is 9.78. The molecule has 6 nitrogen and oxygen atoms in total. The topological polar surface area (TPSA) is 99.8 Å².